The Labute approximate surface area is 155 Å². The fourth-order valence-corrected chi connectivity index (χ4v) is 2.75. The van der Waals surface area contributed by atoms with Gasteiger partial charge in [0, 0.05) is 6.08 Å². The number of rotatable bonds is 6. The SMILES string of the molecule is CCOc1cc(/C=C/C(=O)N2CCOc3ccccc32)ccc1OC(F)F. The number of alkyl halides is 2. The average Bonchev–Trinajstić information content (AvgIpc) is 2.67. The fraction of sp³-hybridized carbons (Fsp3) is 0.250. The molecule has 0 atom stereocenters. The summed E-state index contributed by atoms with van der Waals surface area (Å²) < 4.78 is 40.3. The molecule has 27 heavy (non-hydrogen) atoms. The molecule has 0 saturated carbocycles. The van der Waals surface area contributed by atoms with Crippen molar-refractivity contribution in [1.29, 1.82) is 0 Å². The summed E-state index contributed by atoms with van der Waals surface area (Å²) in [7, 11) is 0. The molecule has 2 aromatic carbocycles. The van der Waals surface area contributed by atoms with Gasteiger partial charge < -0.3 is 19.1 Å². The molecule has 1 heterocycles. The summed E-state index contributed by atoms with van der Waals surface area (Å²) in [6.07, 6.45) is 3.04. The molecular weight excluding hydrogens is 356 g/mol. The molecule has 1 aliphatic heterocycles. The Morgan fingerprint density at radius 3 is 2.85 bits per heavy atom. The second-order valence-corrected chi connectivity index (χ2v) is 5.66. The smallest absolute Gasteiger partial charge is 0.387 e. The Hall–Kier alpha value is -3.09. The van der Waals surface area contributed by atoms with E-state index in [0.29, 0.717) is 36.8 Å². The van der Waals surface area contributed by atoms with Crippen molar-refractivity contribution in [2.24, 2.45) is 0 Å². The minimum absolute atomic E-state index is 0.0440. The highest BCUT2D eigenvalue weighted by Gasteiger charge is 2.21. The molecule has 0 spiro atoms. The monoisotopic (exact) mass is 375 g/mol. The molecular formula is C20H19F2NO4. The first-order valence-electron chi connectivity index (χ1n) is 8.51. The number of amides is 1. The van der Waals surface area contributed by atoms with Crippen molar-refractivity contribution in [1.82, 2.24) is 0 Å². The number of benzene rings is 2. The molecule has 1 aliphatic rings. The maximum atomic E-state index is 12.6. The van der Waals surface area contributed by atoms with Gasteiger partial charge in [-0.3, -0.25) is 4.79 Å². The predicted molar refractivity (Wildman–Crippen MR) is 97.6 cm³/mol. The molecule has 1 amide bonds. The normalized spacial score (nSPS) is 13.4. The molecule has 0 radical (unpaired) electrons. The van der Waals surface area contributed by atoms with Crippen LogP contribution in [0.5, 0.6) is 17.2 Å². The lowest BCUT2D eigenvalue weighted by molar-refractivity contribution is -0.114. The first-order valence-corrected chi connectivity index (χ1v) is 8.51. The highest BCUT2D eigenvalue weighted by Crippen LogP contribution is 2.32. The lowest BCUT2D eigenvalue weighted by Crippen LogP contribution is -2.36. The van der Waals surface area contributed by atoms with E-state index in [-0.39, 0.29) is 17.4 Å². The van der Waals surface area contributed by atoms with Crippen LogP contribution in [0.1, 0.15) is 12.5 Å². The van der Waals surface area contributed by atoms with Crippen LogP contribution in [0.3, 0.4) is 0 Å². The molecule has 0 aliphatic carbocycles. The van der Waals surface area contributed by atoms with E-state index >= 15 is 0 Å². The number of carbonyl (C=O) groups excluding carboxylic acids is 1. The molecule has 2 aromatic rings. The molecule has 3 rings (SSSR count). The van der Waals surface area contributed by atoms with Crippen LogP contribution >= 0.6 is 0 Å². The molecule has 7 heteroatoms. The van der Waals surface area contributed by atoms with Crippen LogP contribution in [-0.2, 0) is 4.79 Å². The average molecular weight is 375 g/mol. The van der Waals surface area contributed by atoms with Gasteiger partial charge in [0.1, 0.15) is 12.4 Å². The zero-order valence-corrected chi connectivity index (χ0v) is 14.7. The van der Waals surface area contributed by atoms with Gasteiger partial charge >= 0.3 is 6.61 Å². The van der Waals surface area contributed by atoms with Crippen LogP contribution in [0.2, 0.25) is 0 Å². The van der Waals surface area contributed by atoms with Crippen molar-refractivity contribution >= 4 is 17.7 Å². The van der Waals surface area contributed by atoms with E-state index in [9.17, 15) is 13.6 Å². The number of hydrogen-bond acceptors (Lipinski definition) is 4. The van der Waals surface area contributed by atoms with Crippen LogP contribution in [0.15, 0.2) is 48.5 Å². The molecule has 0 unspecified atom stereocenters. The summed E-state index contributed by atoms with van der Waals surface area (Å²) in [5.74, 6) is 0.621. The molecule has 0 fully saturated rings. The van der Waals surface area contributed by atoms with E-state index in [1.807, 2.05) is 24.3 Å². The van der Waals surface area contributed by atoms with E-state index in [0.717, 1.165) is 0 Å². The summed E-state index contributed by atoms with van der Waals surface area (Å²) in [4.78, 5) is 14.2. The van der Waals surface area contributed by atoms with Gasteiger partial charge in [-0.25, -0.2) is 0 Å². The summed E-state index contributed by atoms with van der Waals surface area (Å²) in [6, 6.07) is 11.9. The predicted octanol–water partition coefficient (Wildman–Crippen LogP) is 4.13. The van der Waals surface area contributed by atoms with Crippen molar-refractivity contribution < 1.29 is 27.8 Å². The summed E-state index contributed by atoms with van der Waals surface area (Å²) in [5.41, 5.74) is 1.35. The van der Waals surface area contributed by atoms with Gasteiger partial charge in [-0.05, 0) is 42.8 Å². The Morgan fingerprint density at radius 1 is 1.26 bits per heavy atom. The van der Waals surface area contributed by atoms with E-state index in [1.165, 1.54) is 12.1 Å². The summed E-state index contributed by atoms with van der Waals surface area (Å²) in [6.45, 7) is -0.0192. The number of para-hydroxylation sites is 2. The number of fused-ring (bicyclic) bond motifs is 1. The molecule has 0 bridgehead atoms. The Bertz CT molecular complexity index is 838. The van der Waals surface area contributed by atoms with Gasteiger partial charge in [0.15, 0.2) is 11.5 Å². The molecule has 0 aromatic heterocycles. The minimum Gasteiger partial charge on any atom is -0.490 e. The topological polar surface area (TPSA) is 48.0 Å². The van der Waals surface area contributed by atoms with Gasteiger partial charge in [0.25, 0.3) is 5.91 Å². The lowest BCUT2D eigenvalue weighted by Gasteiger charge is -2.28. The first kappa shape index (κ1) is 18.7. The summed E-state index contributed by atoms with van der Waals surface area (Å²) >= 11 is 0. The quantitative estimate of drug-likeness (QED) is 0.713. The number of ether oxygens (including phenoxy) is 3. The van der Waals surface area contributed by atoms with Gasteiger partial charge in [-0.1, -0.05) is 18.2 Å². The summed E-state index contributed by atoms with van der Waals surface area (Å²) in [5, 5.41) is 0. The van der Waals surface area contributed by atoms with Crippen LogP contribution in [0.25, 0.3) is 6.08 Å². The lowest BCUT2D eigenvalue weighted by atomic mass is 10.1. The third-order valence-corrected chi connectivity index (χ3v) is 3.90. The number of anilines is 1. The standard InChI is InChI=1S/C20H19F2NO4/c1-2-25-18-13-14(7-9-17(18)27-20(21)22)8-10-19(24)23-11-12-26-16-6-4-3-5-15(16)23/h3-10,13,20H,2,11-12H2,1H3/b10-8+. The molecule has 0 N–H and O–H groups in total. The van der Waals surface area contributed by atoms with Crippen molar-refractivity contribution in [3.05, 3.63) is 54.1 Å². The molecule has 5 nitrogen and oxygen atoms in total. The second kappa shape index (κ2) is 8.53. The fourth-order valence-electron chi connectivity index (χ4n) is 2.75. The van der Waals surface area contributed by atoms with Gasteiger partial charge in [-0.15, -0.1) is 0 Å². The highest BCUT2D eigenvalue weighted by molar-refractivity contribution is 6.05. The third kappa shape index (κ3) is 4.55. The molecule has 142 valence electrons. The van der Waals surface area contributed by atoms with Crippen LogP contribution < -0.4 is 19.1 Å². The van der Waals surface area contributed by atoms with E-state index in [1.54, 1.807) is 30.0 Å². The van der Waals surface area contributed by atoms with Crippen LogP contribution in [0.4, 0.5) is 14.5 Å². The Morgan fingerprint density at radius 2 is 2.07 bits per heavy atom. The number of halogens is 2. The van der Waals surface area contributed by atoms with Crippen molar-refractivity contribution in [3.63, 3.8) is 0 Å². The molecule has 0 saturated heterocycles. The number of carbonyl (C=O) groups is 1. The van der Waals surface area contributed by atoms with Crippen LogP contribution in [0, 0.1) is 0 Å². The Balaban J connectivity index is 1.78. The maximum Gasteiger partial charge on any atom is 0.387 e. The van der Waals surface area contributed by atoms with E-state index in [2.05, 4.69) is 4.74 Å². The highest BCUT2D eigenvalue weighted by atomic mass is 19.3. The zero-order valence-electron chi connectivity index (χ0n) is 14.7. The van der Waals surface area contributed by atoms with Gasteiger partial charge in [0.05, 0.1) is 18.8 Å². The largest absolute Gasteiger partial charge is 0.490 e. The Kier molecular flexibility index (Phi) is 5.90. The van der Waals surface area contributed by atoms with E-state index < -0.39 is 6.61 Å². The maximum absolute atomic E-state index is 12.6. The van der Waals surface area contributed by atoms with E-state index in [4.69, 9.17) is 9.47 Å². The zero-order chi connectivity index (χ0) is 19.2. The van der Waals surface area contributed by atoms with Crippen LogP contribution in [-0.4, -0.2) is 32.3 Å². The van der Waals surface area contributed by atoms with Gasteiger partial charge in [-0.2, -0.15) is 8.78 Å². The first-order chi connectivity index (χ1) is 13.1. The van der Waals surface area contributed by atoms with Gasteiger partial charge in [0.2, 0.25) is 0 Å². The number of hydrogen-bond donors (Lipinski definition) is 0. The van der Waals surface area contributed by atoms with Crippen molar-refractivity contribution in [2.45, 2.75) is 13.5 Å². The third-order valence-electron chi connectivity index (χ3n) is 3.90. The minimum atomic E-state index is -2.94. The van der Waals surface area contributed by atoms with Crippen molar-refractivity contribution in [3.8, 4) is 17.2 Å². The van der Waals surface area contributed by atoms with Crippen molar-refractivity contribution in [2.75, 3.05) is 24.7 Å². The number of nitrogens with zero attached hydrogens (tertiary/aromatic N) is 1. The second-order valence-electron chi connectivity index (χ2n) is 5.66.